The molecular weight excluding hydrogens is 338 g/mol. The summed E-state index contributed by atoms with van der Waals surface area (Å²) in [5.74, 6) is 0.728. The van der Waals surface area contributed by atoms with Crippen molar-refractivity contribution in [1.82, 2.24) is 4.90 Å². The maximum absolute atomic E-state index is 12.8. The molecule has 5 rings (SSSR count). The third kappa shape index (κ3) is 2.83. The smallest absolute Gasteiger partial charge is 0.410 e. The molecule has 0 unspecified atom stereocenters. The molecule has 1 aliphatic heterocycles. The topological polar surface area (TPSA) is 49.8 Å². The highest BCUT2D eigenvalue weighted by Gasteiger charge is 2.40. The normalized spacial score (nSPS) is 26.4. The number of ether oxygens (including phenoxy) is 1. The zero-order valence-corrected chi connectivity index (χ0v) is 15.4. The van der Waals surface area contributed by atoms with Crippen molar-refractivity contribution in [3.8, 4) is 11.1 Å². The predicted molar refractivity (Wildman–Crippen MR) is 104 cm³/mol. The van der Waals surface area contributed by atoms with Gasteiger partial charge in [-0.25, -0.2) is 4.79 Å². The Hall–Kier alpha value is -2.33. The number of nitrogens with zero attached hydrogens (tertiary/aromatic N) is 1. The maximum Gasteiger partial charge on any atom is 0.410 e. The molecule has 2 aromatic rings. The summed E-state index contributed by atoms with van der Waals surface area (Å²) in [5, 5.41) is 10.3. The van der Waals surface area contributed by atoms with E-state index in [-0.39, 0.29) is 18.1 Å². The molecule has 1 heterocycles. The Bertz CT molecular complexity index is 819. The zero-order chi connectivity index (χ0) is 18.4. The van der Waals surface area contributed by atoms with Gasteiger partial charge in [-0.05, 0) is 53.9 Å². The minimum Gasteiger partial charge on any atom is -0.448 e. The monoisotopic (exact) mass is 363 g/mol. The van der Waals surface area contributed by atoms with Gasteiger partial charge in [0.25, 0.3) is 0 Å². The van der Waals surface area contributed by atoms with Crippen LogP contribution in [-0.2, 0) is 4.74 Å². The summed E-state index contributed by atoms with van der Waals surface area (Å²) >= 11 is 0. The average Bonchev–Trinajstić information content (AvgIpc) is 3.03. The van der Waals surface area contributed by atoms with Crippen molar-refractivity contribution in [1.29, 1.82) is 0 Å². The van der Waals surface area contributed by atoms with Gasteiger partial charge in [-0.15, -0.1) is 0 Å². The fraction of sp³-hybridized carbons (Fsp3) is 0.435. The van der Waals surface area contributed by atoms with Gasteiger partial charge in [-0.3, -0.25) is 0 Å². The van der Waals surface area contributed by atoms with Crippen molar-refractivity contribution in [3.63, 3.8) is 0 Å². The maximum atomic E-state index is 12.8. The van der Waals surface area contributed by atoms with E-state index in [4.69, 9.17) is 4.74 Å². The second kappa shape index (κ2) is 6.68. The second-order valence-electron chi connectivity index (χ2n) is 8.10. The molecule has 27 heavy (non-hydrogen) atoms. The molecule has 3 atom stereocenters. The highest BCUT2D eigenvalue weighted by molar-refractivity contribution is 5.79. The molecule has 1 N–H and O–H groups in total. The molecular formula is C23H25NO3. The molecule has 2 aliphatic carbocycles. The highest BCUT2D eigenvalue weighted by atomic mass is 16.6. The number of likely N-dealkylation sites (tertiary alicyclic amines) is 1. The minimum absolute atomic E-state index is 0.0758. The van der Waals surface area contributed by atoms with Crippen molar-refractivity contribution in [2.75, 3.05) is 13.2 Å². The van der Waals surface area contributed by atoms with Crippen LogP contribution in [0.4, 0.5) is 4.79 Å². The number of hydrogen-bond donors (Lipinski definition) is 1. The molecule has 2 fully saturated rings. The molecule has 1 saturated carbocycles. The molecule has 1 amide bonds. The van der Waals surface area contributed by atoms with Crippen LogP contribution in [-0.4, -0.2) is 41.4 Å². The van der Waals surface area contributed by atoms with E-state index < -0.39 is 6.10 Å². The standard InChI is InChI=1S/C23H25NO3/c25-22-10-9-15-11-12-24(21(22)13-15)23(26)27-14-20-18-7-3-1-5-16(18)17-6-2-4-8-19(17)20/h1-8,15,20-22,25H,9-14H2/t15-,21-,22+/m1/s1. The average molecular weight is 363 g/mol. The van der Waals surface area contributed by atoms with Gasteiger partial charge in [0.15, 0.2) is 0 Å². The molecule has 2 bridgehead atoms. The van der Waals surface area contributed by atoms with Crippen LogP contribution in [0.5, 0.6) is 0 Å². The number of hydrogen-bond acceptors (Lipinski definition) is 3. The van der Waals surface area contributed by atoms with Crippen LogP contribution in [0.2, 0.25) is 0 Å². The van der Waals surface area contributed by atoms with E-state index in [1.165, 1.54) is 22.3 Å². The Labute approximate surface area is 159 Å². The molecule has 140 valence electrons. The first kappa shape index (κ1) is 16.8. The van der Waals surface area contributed by atoms with Crippen LogP contribution >= 0.6 is 0 Å². The van der Waals surface area contributed by atoms with Crippen molar-refractivity contribution in [3.05, 3.63) is 59.7 Å². The Morgan fingerprint density at radius 3 is 2.37 bits per heavy atom. The minimum atomic E-state index is -0.415. The lowest BCUT2D eigenvalue weighted by atomic mass is 9.78. The number of aliphatic hydroxyl groups excluding tert-OH is 1. The van der Waals surface area contributed by atoms with E-state index in [9.17, 15) is 9.90 Å². The summed E-state index contributed by atoms with van der Waals surface area (Å²) in [6.07, 6.45) is 3.11. The van der Waals surface area contributed by atoms with Gasteiger partial charge >= 0.3 is 6.09 Å². The number of carbonyl (C=O) groups is 1. The molecule has 3 aliphatic rings. The van der Waals surface area contributed by atoms with Crippen molar-refractivity contribution >= 4 is 6.09 Å². The van der Waals surface area contributed by atoms with E-state index >= 15 is 0 Å². The third-order valence-corrected chi connectivity index (χ3v) is 6.64. The van der Waals surface area contributed by atoms with Gasteiger partial charge in [-0.1, -0.05) is 48.5 Å². The summed E-state index contributed by atoms with van der Waals surface area (Å²) < 4.78 is 5.79. The highest BCUT2D eigenvalue weighted by Crippen LogP contribution is 2.44. The Morgan fingerprint density at radius 1 is 1.00 bits per heavy atom. The first-order valence-electron chi connectivity index (χ1n) is 10.0. The van der Waals surface area contributed by atoms with E-state index in [1.807, 2.05) is 12.1 Å². The van der Waals surface area contributed by atoms with Gasteiger partial charge in [-0.2, -0.15) is 0 Å². The fourth-order valence-corrected chi connectivity index (χ4v) is 5.20. The lowest BCUT2D eigenvalue weighted by Crippen LogP contribution is -2.54. The SMILES string of the molecule is O=C(OCC1c2ccccc2-c2ccccc21)N1CC[C@H]2CC[C@H](O)[C@H]1C2. The number of rotatable bonds is 2. The van der Waals surface area contributed by atoms with Gasteiger partial charge in [0.1, 0.15) is 6.61 Å². The summed E-state index contributed by atoms with van der Waals surface area (Å²) in [6.45, 7) is 1.04. The molecule has 2 aromatic carbocycles. The van der Waals surface area contributed by atoms with Gasteiger partial charge < -0.3 is 14.7 Å². The third-order valence-electron chi connectivity index (χ3n) is 6.64. The number of fused-ring (bicyclic) bond motifs is 5. The van der Waals surface area contributed by atoms with Gasteiger partial charge in [0, 0.05) is 12.5 Å². The number of piperidine rings is 1. The van der Waals surface area contributed by atoms with Crippen molar-refractivity contribution in [2.45, 2.75) is 43.7 Å². The molecule has 0 radical (unpaired) electrons. The van der Waals surface area contributed by atoms with Gasteiger partial charge in [0.2, 0.25) is 0 Å². The molecule has 0 aromatic heterocycles. The van der Waals surface area contributed by atoms with Crippen LogP contribution in [0.25, 0.3) is 11.1 Å². The van der Waals surface area contributed by atoms with Crippen LogP contribution < -0.4 is 0 Å². The van der Waals surface area contributed by atoms with Crippen LogP contribution in [0, 0.1) is 5.92 Å². The number of aliphatic hydroxyl groups is 1. The molecule has 1 saturated heterocycles. The second-order valence-corrected chi connectivity index (χ2v) is 8.10. The quantitative estimate of drug-likeness (QED) is 0.871. The Kier molecular flexibility index (Phi) is 4.16. The van der Waals surface area contributed by atoms with Crippen molar-refractivity contribution < 1.29 is 14.6 Å². The first-order chi connectivity index (χ1) is 13.2. The summed E-state index contributed by atoms with van der Waals surface area (Å²) in [4.78, 5) is 14.6. The van der Waals surface area contributed by atoms with E-state index in [2.05, 4.69) is 36.4 Å². The Balaban J connectivity index is 1.33. The van der Waals surface area contributed by atoms with E-state index in [0.717, 1.165) is 25.7 Å². The summed E-state index contributed by atoms with van der Waals surface area (Å²) in [6, 6.07) is 16.7. The van der Waals surface area contributed by atoms with E-state index in [0.29, 0.717) is 19.1 Å². The summed E-state index contributed by atoms with van der Waals surface area (Å²) in [5.41, 5.74) is 4.92. The van der Waals surface area contributed by atoms with E-state index in [1.54, 1.807) is 4.90 Å². The fourth-order valence-electron chi connectivity index (χ4n) is 5.20. The lowest BCUT2D eigenvalue weighted by molar-refractivity contribution is -0.0260. The summed E-state index contributed by atoms with van der Waals surface area (Å²) in [7, 11) is 0. The number of benzene rings is 2. The first-order valence-corrected chi connectivity index (χ1v) is 10.0. The lowest BCUT2D eigenvalue weighted by Gasteiger charge is -2.44. The van der Waals surface area contributed by atoms with Gasteiger partial charge in [0.05, 0.1) is 12.1 Å². The Morgan fingerprint density at radius 2 is 1.67 bits per heavy atom. The van der Waals surface area contributed by atoms with Crippen LogP contribution in [0.15, 0.2) is 48.5 Å². The number of carbonyl (C=O) groups excluding carboxylic acids is 1. The molecule has 0 spiro atoms. The molecule has 4 nitrogen and oxygen atoms in total. The predicted octanol–water partition coefficient (Wildman–Crippen LogP) is 4.17. The number of amides is 1. The largest absolute Gasteiger partial charge is 0.448 e. The van der Waals surface area contributed by atoms with Crippen molar-refractivity contribution in [2.24, 2.45) is 5.92 Å². The van der Waals surface area contributed by atoms with Crippen LogP contribution in [0.1, 0.15) is 42.7 Å². The zero-order valence-electron chi connectivity index (χ0n) is 15.4. The van der Waals surface area contributed by atoms with Crippen LogP contribution in [0.3, 0.4) is 0 Å². The molecule has 4 heteroatoms.